The fourth-order valence-corrected chi connectivity index (χ4v) is 3.01. The molecule has 0 radical (unpaired) electrons. The second-order valence-corrected chi connectivity index (χ2v) is 7.11. The van der Waals surface area contributed by atoms with Crippen LogP contribution in [0.4, 0.5) is 0 Å². The summed E-state index contributed by atoms with van der Waals surface area (Å²) in [6.45, 7) is 5.00. The Hall–Kier alpha value is -0.950. The summed E-state index contributed by atoms with van der Waals surface area (Å²) >= 11 is 0. The zero-order chi connectivity index (χ0) is 13.9. The van der Waals surface area contributed by atoms with Gasteiger partial charge < -0.3 is 5.32 Å². The third kappa shape index (κ3) is 3.54. The van der Waals surface area contributed by atoms with Crippen molar-refractivity contribution in [2.75, 3.05) is 40.3 Å². The molecule has 0 amide bonds. The molecule has 0 spiro atoms. The average molecular weight is 283 g/mol. The molecule has 0 saturated carbocycles. The molecule has 1 aromatic rings. The van der Waals surface area contributed by atoms with Gasteiger partial charge in [-0.05, 0) is 17.7 Å². The highest BCUT2D eigenvalue weighted by molar-refractivity contribution is 7.89. The number of rotatable bonds is 4. The van der Waals surface area contributed by atoms with E-state index in [2.05, 4.69) is 10.2 Å². The largest absolute Gasteiger partial charge is 0.314 e. The molecular weight excluding hydrogens is 262 g/mol. The standard InChI is InChI=1S/C13H21N3O2S/c1-15(2)19(17,18)13-5-3-12(4-6-13)11-16-9-7-14-8-10-16/h3-6,14H,7-11H2,1-2H3. The molecule has 1 heterocycles. The van der Waals surface area contributed by atoms with E-state index in [0.717, 1.165) is 38.3 Å². The number of nitrogens with one attached hydrogen (secondary N) is 1. The smallest absolute Gasteiger partial charge is 0.242 e. The van der Waals surface area contributed by atoms with Crippen molar-refractivity contribution < 1.29 is 8.42 Å². The monoisotopic (exact) mass is 283 g/mol. The highest BCUT2D eigenvalue weighted by atomic mass is 32.2. The van der Waals surface area contributed by atoms with Gasteiger partial charge in [0, 0.05) is 46.8 Å². The van der Waals surface area contributed by atoms with Crippen molar-refractivity contribution in [3.8, 4) is 0 Å². The van der Waals surface area contributed by atoms with E-state index < -0.39 is 10.0 Å². The van der Waals surface area contributed by atoms with E-state index in [1.54, 1.807) is 26.2 Å². The second kappa shape index (κ2) is 6.00. The van der Waals surface area contributed by atoms with Crippen LogP contribution in [0.5, 0.6) is 0 Å². The van der Waals surface area contributed by atoms with Crippen molar-refractivity contribution in [1.29, 1.82) is 0 Å². The van der Waals surface area contributed by atoms with Crippen LogP contribution in [0.25, 0.3) is 0 Å². The summed E-state index contributed by atoms with van der Waals surface area (Å²) in [6, 6.07) is 7.18. The number of hydrogen-bond acceptors (Lipinski definition) is 4. The van der Waals surface area contributed by atoms with Crippen LogP contribution in [0, 0.1) is 0 Å². The minimum Gasteiger partial charge on any atom is -0.314 e. The molecule has 0 aromatic heterocycles. The zero-order valence-electron chi connectivity index (χ0n) is 11.5. The van der Waals surface area contributed by atoms with Gasteiger partial charge >= 0.3 is 0 Å². The second-order valence-electron chi connectivity index (χ2n) is 4.96. The molecule has 1 N–H and O–H groups in total. The normalized spacial score (nSPS) is 17.8. The van der Waals surface area contributed by atoms with Crippen LogP contribution in [0.1, 0.15) is 5.56 Å². The zero-order valence-corrected chi connectivity index (χ0v) is 12.3. The lowest BCUT2D eigenvalue weighted by atomic mass is 10.2. The first-order valence-corrected chi connectivity index (χ1v) is 7.89. The molecule has 1 saturated heterocycles. The number of sulfonamides is 1. The molecule has 1 aromatic carbocycles. The summed E-state index contributed by atoms with van der Waals surface area (Å²) in [7, 11) is -0.226. The maximum atomic E-state index is 11.9. The van der Waals surface area contributed by atoms with Gasteiger partial charge in [0.05, 0.1) is 4.90 Å². The Kier molecular flexibility index (Phi) is 4.57. The minimum atomic E-state index is -3.32. The van der Waals surface area contributed by atoms with Gasteiger partial charge in [0.2, 0.25) is 10.0 Å². The van der Waals surface area contributed by atoms with Gasteiger partial charge in [0.1, 0.15) is 0 Å². The Labute approximate surface area is 115 Å². The Morgan fingerprint density at radius 2 is 1.74 bits per heavy atom. The predicted molar refractivity (Wildman–Crippen MR) is 75.5 cm³/mol. The Morgan fingerprint density at radius 1 is 1.16 bits per heavy atom. The third-order valence-corrected chi connectivity index (χ3v) is 5.15. The van der Waals surface area contributed by atoms with Crippen molar-refractivity contribution >= 4 is 10.0 Å². The summed E-state index contributed by atoms with van der Waals surface area (Å²) in [5.41, 5.74) is 1.15. The number of hydrogen-bond donors (Lipinski definition) is 1. The van der Waals surface area contributed by atoms with Crippen molar-refractivity contribution in [2.24, 2.45) is 0 Å². The first-order chi connectivity index (χ1) is 9.00. The lowest BCUT2D eigenvalue weighted by Crippen LogP contribution is -2.42. The fraction of sp³-hybridized carbons (Fsp3) is 0.538. The fourth-order valence-electron chi connectivity index (χ4n) is 2.11. The van der Waals surface area contributed by atoms with E-state index in [1.165, 1.54) is 4.31 Å². The molecule has 0 unspecified atom stereocenters. The van der Waals surface area contributed by atoms with Crippen molar-refractivity contribution in [3.63, 3.8) is 0 Å². The van der Waals surface area contributed by atoms with Gasteiger partial charge in [-0.2, -0.15) is 0 Å². The lowest BCUT2D eigenvalue weighted by Gasteiger charge is -2.27. The minimum absolute atomic E-state index is 0.349. The Balaban J connectivity index is 2.06. The highest BCUT2D eigenvalue weighted by Gasteiger charge is 2.17. The van der Waals surface area contributed by atoms with Crippen LogP contribution in [-0.4, -0.2) is 57.9 Å². The third-order valence-electron chi connectivity index (χ3n) is 3.32. The summed E-state index contributed by atoms with van der Waals surface area (Å²) in [4.78, 5) is 2.72. The van der Waals surface area contributed by atoms with Gasteiger partial charge in [-0.3, -0.25) is 4.90 Å². The molecule has 19 heavy (non-hydrogen) atoms. The predicted octanol–water partition coefficient (Wildman–Crippen LogP) is 0.342. The maximum Gasteiger partial charge on any atom is 0.242 e. The Morgan fingerprint density at radius 3 is 2.26 bits per heavy atom. The highest BCUT2D eigenvalue weighted by Crippen LogP contribution is 2.15. The Bertz CT molecular complexity index is 505. The van der Waals surface area contributed by atoms with E-state index in [0.29, 0.717) is 4.90 Å². The van der Waals surface area contributed by atoms with E-state index in [-0.39, 0.29) is 0 Å². The SMILES string of the molecule is CN(C)S(=O)(=O)c1ccc(CN2CCNCC2)cc1. The van der Waals surface area contributed by atoms with Crippen molar-refractivity contribution in [2.45, 2.75) is 11.4 Å². The van der Waals surface area contributed by atoms with Gasteiger partial charge in [0.25, 0.3) is 0 Å². The molecular formula is C13H21N3O2S. The number of piperazine rings is 1. The summed E-state index contributed by atoms with van der Waals surface area (Å²) in [5, 5.41) is 3.32. The molecule has 1 fully saturated rings. The molecule has 0 aliphatic carbocycles. The molecule has 5 nitrogen and oxygen atoms in total. The molecule has 1 aliphatic heterocycles. The van der Waals surface area contributed by atoms with E-state index >= 15 is 0 Å². The van der Waals surface area contributed by atoms with E-state index in [1.807, 2.05) is 12.1 Å². The summed E-state index contributed by atoms with van der Waals surface area (Å²) in [5.74, 6) is 0. The van der Waals surface area contributed by atoms with Gasteiger partial charge in [-0.25, -0.2) is 12.7 Å². The first kappa shape index (κ1) is 14.5. The lowest BCUT2D eigenvalue weighted by molar-refractivity contribution is 0.233. The molecule has 2 rings (SSSR count). The average Bonchev–Trinajstić information content (AvgIpc) is 2.40. The van der Waals surface area contributed by atoms with Gasteiger partial charge in [-0.1, -0.05) is 12.1 Å². The molecule has 106 valence electrons. The van der Waals surface area contributed by atoms with Crippen molar-refractivity contribution in [1.82, 2.24) is 14.5 Å². The summed E-state index contributed by atoms with van der Waals surface area (Å²) < 4.78 is 25.1. The van der Waals surface area contributed by atoms with E-state index in [9.17, 15) is 8.42 Å². The van der Waals surface area contributed by atoms with Crippen LogP contribution in [0.3, 0.4) is 0 Å². The quantitative estimate of drug-likeness (QED) is 0.866. The maximum absolute atomic E-state index is 11.9. The van der Waals surface area contributed by atoms with Crippen LogP contribution >= 0.6 is 0 Å². The first-order valence-electron chi connectivity index (χ1n) is 6.45. The van der Waals surface area contributed by atoms with Gasteiger partial charge in [0.15, 0.2) is 0 Å². The number of nitrogens with zero attached hydrogens (tertiary/aromatic N) is 2. The molecule has 0 bridgehead atoms. The van der Waals surface area contributed by atoms with Crippen LogP contribution in [0.15, 0.2) is 29.2 Å². The van der Waals surface area contributed by atoms with Crippen LogP contribution in [-0.2, 0) is 16.6 Å². The summed E-state index contributed by atoms with van der Waals surface area (Å²) in [6.07, 6.45) is 0. The molecule has 6 heteroatoms. The van der Waals surface area contributed by atoms with E-state index in [4.69, 9.17) is 0 Å². The van der Waals surface area contributed by atoms with Crippen molar-refractivity contribution in [3.05, 3.63) is 29.8 Å². The van der Waals surface area contributed by atoms with Crippen LogP contribution in [0.2, 0.25) is 0 Å². The molecule has 1 aliphatic rings. The van der Waals surface area contributed by atoms with Crippen LogP contribution < -0.4 is 5.32 Å². The molecule has 0 atom stereocenters. The topological polar surface area (TPSA) is 52.7 Å². The number of benzene rings is 1. The van der Waals surface area contributed by atoms with Gasteiger partial charge in [-0.15, -0.1) is 0 Å².